The summed E-state index contributed by atoms with van der Waals surface area (Å²) < 4.78 is 0.958. The molecule has 0 aromatic heterocycles. The summed E-state index contributed by atoms with van der Waals surface area (Å²) in [5.41, 5.74) is 0. The smallest absolute Gasteiger partial charge is 0.100 e. The molecule has 0 bridgehead atoms. The zero-order valence-electron chi connectivity index (χ0n) is 9.53. The second-order valence-corrected chi connectivity index (χ2v) is 4.24. The topological polar surface area (TPSA) is 20.2 Å². The molecule has 88 valence electrons. The molecule has 0 aliphatic carbocycles. The van der Waals surface area contributed by atoms with Gasteiger partial charge in [0.25, 0.3) is 0 Å². The lowest BCUT2D eigenvalue weighted by molar-refractivity contribution is -0.804. The number of aliphatic hydroxyl groups excluding tert-OH is 1. The van der Waals surface area contributed by atoms with Crippen molar-refractivity contribution < 1.29 is 26.6 Å². The summed E-state index contributed by atoms with van der Waals surface area (Å²) >= 11 is 0. The fourth-order valence-electron chi connectivity index (χ4n) is 1.79. The van der Waals surface area contributed by atoms with Gasteiger partial charge < -0.3 is 22.1 Å². The Bertz CT molecular complexity index is 202. The third-order valence-corrected chi connectivity index (χ3v) is 2.76. The molecule has 1 aliphatic rings. The van der Waals surface area contributed by atoms with Crippen LogP contribution < -0.4 is 17.0 Å². The summed E-state index contributed by atoms with van der Waals surface area (Å²) in [6, 6.07) is 0. The molecule has 0 saturated carbocycles. The van der Waals surface area contributed by atoms with E-state index in [0.29, 0.717) is 6.61 Å². The van der Waals surface area contributed by atoms with Crippen molar-refractivity contribution in [2.45, 2.75) is 32.1 Å². The molecule has 1 heterocycles. The van der Waals surface area contributed by atoms with Crippen LogP contribution in [0, 0.1) is 0 Å². The molecule has 0 aromatic rings. The molecule has 0 amide bonds. The Balaban J connectivity index is 0.00000196. The summed E-state index contributed by atoms with van der Waals surface area (Å²) in [6.07, 6.45) is 14.6. The Morgan fingerprint density at radius 1 is 0.933 bits per heavy atom. The molecule has 0 radical (unpaired) electrons. The van der Waals surface area contributed by atoms with Gasteiger partial charge >= 0.3 is 0 Å². The third-order valence-electron chi connectivity index (χ3n) is 2.76. The van der Waals surface area contributed by atoms with Crippen LogP contribution in [0.4, 0.5) is 0 Å². The number of rotatable bonds is 7. The van der Waals surface area contributed by atoms with Crippen LogP contribution in [0.15, 0.2) is 24.6 Å². The highest BCUT2D eigenvalue weighted by Gasteiger charge is 2.16. The average molecular weight is 276 g/mol. The normalized spacial score (nSPS) is 16.7. The number of allylic oxidation sites excluding steroid dienone is 2. The van der Waals surface area contributed by atoms with Gasteiger partial charge in [0, 0.05) is 6.61 Å². The van der Waals surface area contributed by atoms with Crippen molar-refractivity contribution in [3.63, 3.8) is 0 Å². The van der Waals surface area contributed by atoms with Gasteiger partial charge in [-0.25, -0.2) is 0 Å². The van der Waals surface area contributed by atoms with Gasteiger partial charge in [-0.3, -0.25) is 4.48 Å². The molecule has 1 N–H and O–H groups in total. The average Bonchev–Trinajstić information content (AvgIpc) is 2.59. The molecule has 0 saturated heterocycles. The van der Waals surface area contributed by atoms with E-state index in [0.717, 1.165) is 10.9 Å². The quantitative estimate of drug-likeness (QED) is 0.487. The number of halogens is 1. The van der Waals surface area contributed by atoms with Gasteiger partial charge in [-0.15, -0.1) is 0 Å². The van der Waals surface area contributed by atoms with E-state index in [1.54, 1.807) is 0 Å². The van der Waals surface area contributed by atoms with Gasteiger partial charge in [-0.1, -0.05) is 12.8 Å². The van der Waals surface area contributed by atoms with Crippen molar-refractivity contribution >= 4 is 0 Å². The molecule has 15 heavy (non-hydrogen) atoms. The van der Waals surface area contributed by atoms with Crippen molar-refractivity contribution in [2.24, 2.45) is 0 Å². The number of hydrogen-bond acceptors (Lipinski definition) is 1. The van der Waals surface area contributed by atoms with Crippen LogP contribution in [0.1, 0.15) is 32.1 Å². The largest absolute Gasteiger partial charge is 1.00 e. The molecule has 0 fully saturated rings. The van der Waals surface area contributed by atoms with Crippen LogP contribution >= 0.6 is 0 Å². The van der Waals surface area contributed by atoms with Gasteiger partial charge in [-0.05, 0) is 31.4 Å². The monoisotopic (exact) mass is 275 g/mol. The minimum absolute atomic E-state index is 0. The molecule has 1 aliphatic heterocycles. The molecule has 0 spiro atoms. The summed E-state index contributed by atoms with van der Waals surface area (Å²) in [4.78, 5) is 0. The molecule has 1 rings (SSSR count). The van der Waals surface area contributed by atoms with E-state index in [1.807, 2.05) is 0 Å². The van der Waals surface area contributed by atoms with E-state index in [2.05, 4.69) is 31.6 Å². The summed E-state index contributed by atoms with van der Waals surface area (Å²) in [5.74, 6) is 0. The van der Waals surface area contributed by atoms with Crippen molar-refractivity contribution in [2.75, 3.05) is 20.2 Å². The lowest BCUT2D eigenvalue weighted by Crippen LogP contribution is -3.00. The number of hydrogen-bond donors (Lipinski definition) is 1. The number of aliphatic hydroxyl groups is 1. The van der Waals surface area contributed by atoms with Crippen LogP contribution in [-0.4, -0.2) is 29.8 Å². The van der Waals surface area contributed by atoms with Crippen LogP contribution in [0.2, 0.25) is 0 Å². The van der Waals surface area contributed by atoms with Crippen molar-refractivity contribution in [1.29, 1.82) is 0 Å². The highest BCUT2D eigenvalue weighted by molar-refractivity contribution is 5.03. The fourth-order valence-corrected chi connectivity index (χ4v) is 1.79. The van der Waals surface area contributed by atoms with E-state index in [9.17, 15) is 0 Å². The van der Waals surface area contributed by atoms with E-state index < -0.39 is 0 Å². The van der Waals surface area contributed by atoms with Crippen LogP contribution in [0.3, 0.4) is 0 Å². The fraction of sp³-hybridized carbons (Fsp3) is 0.667. The van der Waals surface area contributed by atoms with Gasteiger partial charge in [0.2, 0.25) is 0 Å². The van der Waals surface area contributed by atoms with Crippen molar-refractivity contribution in [3.8, 4) is 0 Å². The molecule has 2 nitrogen and oxygen atoms in total. The summed E-state index contributed by atoms with van der Waals surface area (Å²) in [6.45, 7) is 1.55. The SMILES string of the molecule is C[N+]1(CCCCCCCO)C=CC=C1.[Br-]. The zero-order valence-corrected chi connectivity index (χ0v) is 11.1. The molecular formula is C12H22BrNO. The highest BCUT2D eigenvalue weighted by Crippen LogP contribution is 2.14. The Labute approximate surface area is 104 Å². The van der Waals surface area contributed by atoms with Gasteiger partial charge in [-0.2, -0.15) is 0 Å². The van der Waals surface area contributed by atoms with Crippen LogP contribution in [0.5, 0.6) is 0 Å². The van der Waals surface area contributed by atoms with Crippen LogP contribution in [0.25, 0.3) is 0 Å². The predicted octanol–water partition coefficient (Wildman–Crippen LogP) is -0.579. The third kappa shape index (κ3) is 6.13. The first kappa shape index (κ1) is 14.9. The predicted molar refractivity (Wildman–Crippen MR) is 59.5 cm³/mol. The maximum Gasteiger partial charge on any atom is 0.100 e. The van der Waals surface area contributed by atoms with Gasteiger partial charge in [0.1, 0.15) is 12.4 Å². The number of nitrogens with zero attached hydrogens (tertiary/aromatic N) is 1. The van der Waals surface area contributed by atoms with E-state index in [-0.39, 0.29) is 17.0 Å². The Morgan fingerprint density at radius 2 is 1.47 bits per heavy atom. The lowest BCUT2D eigenvalue weighted by atomic mass is 10.1. The summed E-state index contributed by atoms with van der Waals surface area (Å²) in [7, 11) is 2.23. The summed E-state index contributed by atoms with van der Waals surface area (Å²) in [5, 5.41) is 8.62. The Morgan fingerprint density at radius 3 is 2.07 bits per heavy atom. The second-order valence-electron chi connectivity index (χ2n) is 4.24. The van der Waals surface area contributed by atoms with Crippen molar-refractivity contribution in [1.82, 2.24) is 0 Å². The van der Waals surface area contributed by atoms with E-state index in [1.165, 1.54) is 32.2 Å². The van der Waals surface area contributed by atoms with Gasteiger partial charge in [0.15, 0.2) is 0 Å². The molecule has 3 heteroatoms. The minimum atomic E-state index is 0. The Hall–Kier alpha value is -0.120. The molecule has 0 aromatic carbocycles. The second kappa shape index (κ2) is 8.08. The van der Waals surface area contributed by atoms with E-state index >= 15 is 0 Å². The number of quaternary nitrogens is 1. The first-order chi connectivity index (χ1) is 6.77. The molecule has 0 atom stereocenters. The molecule has 0 unspecified atom stereocenters. The maximum atomic E-state index is 8.62. The van der Waals surface area contributed by atoms with E-state index in [4.69, 9.17) is 5.11 Å². The number of unbranched alkanes of at least 4 members (excludes halogenated alkanes) is 4. The zero-order chi connectivity index (χ0) is 10.3. The first-order valence-electron chi connectivity index (χ1n) is 5.60. The standard InChI is InChI=1S/C12H22NO.BrH/c1-13(10-6-7-11-13)9-5-3-2-4-8-12-14;/h6-7,10-11,14H,2-5,8-9,12H2,1H3;1H/q+1;/p-1. The lowest BCUT2D eigenvalue weighted by Gasteiger charge is -2.22. The van der Waals surface area contributed by atoms with Crippen LogP contribution in [-0.2, 0) is 0 Å². The molecular weight excluding hydrogens is 254 g/mol. The minimum Gasteiger partial charge on any atom is -1.00 e. The first-order valence-corrected chi connectivity index (χ1v) is 5.60. The Kier molecular flexibility index (Phi) is 8.02. The maximum absolute atomic E-state index is 8.62. The highest BCUT2D eigenvalue weighted by atomic mass is 79.9. The van der Waals surface area contributed by atoms with Crippen molar-refractivity contribution in [3.05, 3.63) is 24.6 Å². The van der Waals surface area contributed by atoms with Gasteiger partial charge in [0.05, 0.1) is 13.6 Å².